The molecule has 0 saturated heterocycles. The largest absolute Gasteiger partial charge is 0.366 e. The summed E-state index contributed by atoms with van der Waals surface area (Å²) in [6, 6.07) is 6.07. The van der Waals surface area contributed by atoms with E-state index in [2.05, 4.69) is 10.1 Å². The Bertz CT molecular complexity index is 864. The number of carbonyl (C=O) groups is 1. The third-order valence-electron chi connectivity index (χ3n) is 3.83. The highest BCUT2D eigenvalue weighted by Crippen LogP contribution is 2.28. The van der Waals surface area contributed by atoms with Gasteiger partial charge in [-0.15, -0.1) is 0 Å². The van der Waals surface area contributed by atoms with Crippen molar-refractivity contribution in [3.63, 3.8) is 0 Å². The second kappa shape index (κ2) is 4.70. The van der Waals surface area contributed by atoms with Gasteiger partial charge in [0.25, 0.3) is 5.91 Å². The molecule has 106 valence electrons. The summed E-state index contributed by atoms with van der Waals surface area (Å²) in [5, 5.41) is 5.29. The first-order valence-electron chi connectivity index (χ1n) is 6.67. The van der Waals surface area contributed by atoms with Gasteiger partial charge in [0.1, 0.15) is 0 Å². The van der Waals surface area contributed by atoms with Gasteiger partial charge in [-0.3, -0.25) is 14.5 Å². The Morgan fingerprint density at radius 2 is 2.00 bits per heavy atom. The fraction of sp³-hybridized carbons (Fsp3) is 0.188. The second-order valence-electron chi connectivity index (χ2n) is 5.16. The maximum absolute atomic E-state index is 11.6. The van der Waals surface area contributed by atoms with Gasteiger partial charge < -0.3 is 5.73 Å². The molecule has 2 aromatic heterocycles. The van der Waals surface area contributed by atoms with Gasteiger partial charge in [0.2, 0.25) is 0 Å². The SMILES string of the molecule is Cc1ncc(-c2ccc3c(cnn3C)c2)c(C)c1C(N)=O. The highest BCUT2D eigenvalue weighted by Gasteiger charge is 2.15. The third kappa shape index (κ3) is 2.07. The molecular formula is C16H16N4O. The van der Waals surface area contributed by atoms with E-state index in [4.69, 9.17) is 5.73 Å². The summed E-state index contributed by atoms with van der Waals surface area (Å²) < 4.78 is 1.83. The van der Waals surface area contributed by atoms with Crippen LogP contribution in [0.4, 0.5) is 0 Å². The Kier molecular flexibility index (Phi) is 2.97. The highest BCUT2D eigenvalue weighted by molar-refractivity contribution is 5.97. The molecule has 2 heterocycles. The summed E-state index contributed by atoms with van der Waals surface area (Å²) in [6.45, 7) is 3.69. The molecule has 3 rings (SSSR count). The molecule has 0 radical (unpaired) electrons. The number of hydrogen-bond donors (Lipinski definition) is 1. The van der Waals surface area contributed by atoms with Gasteiger partial charge >= 0.3 is 0 Å². The number of benzene rings is 1. The molecule has 5 nitrogen and oxygen atoms in total. The van der Waals surface area contributed by atoms with Gasteiger partial charge in [-0.25, -0.2) is 0 Å². The number of primary amides is 1. The first-order chi connectivity index (χ1) is 9.99. The summed E-state index contributed by atoms with van der Waals surface area (Å²) in [7, 11) is 1.91. The van der Waals surface area contributed by atoms with Crippen LogP contribution in [0.2, 0.25) is 0 Å². The van der Waals surface area contributed by atoms with Crippen molar-refractivity contribution in [2.75, 3.05) is 0 Å². The van der Waals surface area contributed by atoms with Gasteiger partial charge in [-0.2, -0.15) is 5.10 Å². The summed E-state index contributed by atoms with van der Waals surface area (Å²) in [5.74, 6) is -0.443. The minimum atomic E-state index is -0.443. The lowest BCUT2D eigenvalue weighted by atomic mass is 9.96. The van der Waals surface area contributed by atoms with Crippen LogP contribution >= 0.6 is 0 Å². The lowest BCUT2D eigenvalue weighted by Crippen LogP contribution is -2.16. The molecule has 0 aliphatic carbocycles. The predicted octanol–water partition coefficient (Wildman–Crippen LogP) is 2.35. The molecule has 0 fully saturated rings. The van der Waals surface area contributed by atoms with Crippen LogP contribution in [-0.2, 0) is 7.05 Å². The molecule has 1 aromatic carbocycles. The number of aryl methyl sites for hydroxylation is 2. The van der Waals surface area contributed by atoms with Crippen LogP contribution in [0.3, 0.4) is 0 Å². The first-order valence-corrected chi connectivity index (χ1v) is 6.67. The number of amides is 1. The number of aromatic nitrogens is 3. The molecule has 0 saturated carbocycles. The summed E-state index contributed by atoms with van der Waals surface area (Å²) in [4.78, 5) is 15.9. The quantitative estimate of drug-likeness (QED) is 0.783. The standard InChI is InChI=1S/C16H16N4O/c1-9-13(8-18-10(2)15(9)16(17)21)11-4-5-14-12(6-11)7-19-20(14)3/h4-8H,1-3H3,(H2,17,21). The molecule has 3 aromatic rings. The number of carbonyl (C=O) groups excluding carboxylic acids is 1. The molecule has 0 bridgehead atoms. The number of fused-ring (bicyclic) bond motifs is 1. The lowest BCUT2D eigenvalue weighted by molar-refractivity contribution is 0.0999. The molecule has 1 amide bonds. The van der Waals surface area contributed by atoms with Crippen molar-refractivity contribution in [2.24, 2.45) is 12.8 Å². The van der Waals surface area contributed by atoms with E-state index < -0.39 is 5.91 Å². The molecule has 0 aliphatic heterocycles. The second-order valence-corrected chi connectivity index (χ2v) is 5.16. The minimum absolute atomic E-state index is 0.443. The average molecular weight is 280 g/mol. The zero-order valence-corrected chi connectivity index (χ0v) is 12.2. The average Bonchev–Trinajstić information content (AvgIpc) is 2.79. The van der Waals surface area contributed by atoms with Crippen molar-refractivity contribution >= 4 is 16.8 Å². The van der Waals surface area contributed by atoms with E-state index in [0.717, 1.165) is 27.6 Å². The fourth-order valence-corrected chi connectivity index (χ4v) is 2.71. The smallest absolute Gasteiger partial charge is 0.250 e. The van der Waals surface area contributed by atoms with E-state index in [-0.39, 0.29) is 0 Å². The van der Waals surface area contributed by atoms with Crippen molar-refractivity contribution in [1.82, 2.24) is 14.8 Å². The minimum Gasteiger partial charge on any atom is -0.366 e. The fourth-order valence-electron chi connectivity index (χ4n) is 2.71. The molecular weight excluding hydrogens is 264 g/mol. The Morgan fingerprint density at radius 1 is 1.24 bits per heavy atom. The summed E-state index contributed by atoms with van der Waals surface area (Å²) >= 11 is 0. The topological polar surface area (TPSA) is 73.8 Å². The predicted molar refractivity (Wildman–Crippen MR) is 81.9 cm³/mol. The Morgan fingerprint density at radius 3 is 2.71 bits per heavy atom. The normalized spacial score (nSPS) is 11.0. The Labute approximate surface area is 122 Å². The van der Waals surface area contributed by atoms with Crippen LogP contribution in [0.1, 0.15) is 21.6 Å². The van der Waals surface area contributed by atoms with E-state index in [9.17, 15) is 4.79 Å². The van der Waals surface area contributed by atoms with Crippen LogP contribution in [-0.4, -0.2) is 20.7 Å². The summed E-state index contributed by atoms with van der Waals surface area (Å²) in [6.07, 6.45) is 3.61. The Balaban J connectivity index is 2.23. The van der Waals surface area contributed by atoms with E-state index in [0.29, 0.717) is 11.3 Å². The van der Waals surface area contributed by atoms with Crippen molar-refractivity contribution in [1.29, 1.82) is 0 Å². The number of hydrogen-bond acceptors (Lipinski definition) is 3. The Hall–Kier alpha value is -2.69. The molecule has 0 spiro atoms. The molecule has 0 unspecified atom stereocenters. The van der Waals surface area contributed by atoms with Crippen LogP contribution < -0.4 is 5.73 Å². The van der Waals surface area contributed by atoms with Gasteiger partial charge in [0.05, 0.1) is 23.0 Å². The van der Waals surface area contributed by atoms with Gasteiger partial charge in [0, 0.05) is 24.2 Å². The number of rotatable bonds is 2. The zero-order chi connectivity index (χ0) is 15.1. The molecule has 0 aliphatic rings. The van der Waals surface area contributed by atoms with Crippen molar-refractivity contribution in [3.05, 3.63) is 47.4 Å². The zero-order valence-electron chi connectivity index (χ0n) is 12.2. The maximum Gasteiger partial charge on any atom is 0.250 e. The van der Waals surface area contributed by atoms with E-state index in [1.807, 2.05) is 43.0 Å². The number of nitrogens with zero attached hydrogens (tertiary/aromatic N) is 3. The van der Waals surface area contributed by atoms with Crippen LogP contribution in [0, 0.1) is 13.8 Å². The van der Waals surface area contributed by atoms with Crippen molar-refractivity contribution in [2.45, 2.75) is 13.8 Å². The lowest BCUT2D eigenvalue weighted by Gasteiger charge is -2.11. The van der Waals surface area contributed by atoms with E-state index in [1.165, 1.54) is 0 Å². The van der Waals surface area contributed by atoms with Gasteiger partial charge in [-0.1, -0.05) is 6.07 Å². The molecule has 2 N–H and O–H groups in total. The highest BCUT2D eigenvalue weighted by atomic mass is 16.1. The third-order valence-corrected chi connectivity index (χ3v) is 3.83. The van der Waals surface area contributed by atoms with Gasteiger partial charge in [0.15, 0.2) is 0 Å². The van der Waals surface area contributed by atoms with Crippen LogP contribution in [0.5, 0.6) is 0 Å². The summed E-state index contributed by atoms with van der Waals surface area (Å²) in [5.41, 5.74) is 10.5. The van der Waals surface area contributed by atoms with Crippen molar-refractivity contribution in [3.8, 4) is 11.1 Å². The van der Waals surface area contributed by atoms with Crippen LogP contribution in [0.15, 0.2) is 30.6 Å². The monoisotopic (exact) mass is 280 g/mol. The van der Waals surface area contributed by atoms with E-state index in [1.54, 1.807) is 13.1 Å². The number of nitrogens with two attached hydrogens (primary N) is 1. The molecule has 21 heavy (non-hydrogen) atoms. The van der Waals surface area contributed by atoms with Crippen molar-refractivity contribution < 1.29 is 4.79 Å². The van der Waals surface area contributed by atoms with Crippen LogP contribution in [0.25, 0.3) is 22.0 Å². The first kappa shape index (κ1) is 13.3. The van der Waals surface area contributed by atoms with E-state index >= 15 is 0 Å². The molecule has 5 heteroatoms. The maximum atomic E-state index is 11.6. The van der Waals surface area contributed by atoms with Gasteiger partial charge in [-0.05, 0) is 37.1 Å². The molecule has 0 atom stereocenters. The number of pyridine rings is 1.